The standard InChI is InChI=1S/C18H17N3O4S/c22-17(19-10-13-6-8-15(9-7-13)21(24)25)16-11-26-12-20(16)18(23)14-4-2-1-3-5-14/h1-9,16H,10-12H2,(H,19,22)/t16-/m0/s1. The van der Waals surface area contributed by atoms with Crippen molar-refractivity contribution in [1.82, 2.24) is 10.2 Å². The summed E-state index contributed by atoms with van der Waals surface area (Å²) in [5.41, 5.74) is 1.32. The van der Waals surface area contributed by atoms with Crippen molar-refractivity contribution in [3.63, 3.8) is 0 Å². The molecule has 1 aliphatic heterocycles. The molecule has 0 aliphatic carbocycles. The smallest absolute Gasteiger partial charge is 0.269 e. The Kier molecular flexibility index (Phi) is 5.52. The first kappa shape index (κ1) is 17.9. The normalized spacial score (nSPS) is 16.3. The number of carbonyl (C=O) groups excluding carboxylic acids is 2. The number of amides is 2. The molecule has 0 spiro atoms. The summed E-state index contributed by atoms with van der Waals surface area (Å²) in [6, 6.07) is 14.4. The van der Waals surface area contributed by atoms with Gasteiger partial charge in [-0.1, -0.05) is 30.3 Å². The topological polar surface area (TPSA) is 92.5 Å². The third-order valence-electron chi connectivity index (χ3n) is 4.08. The van der Waals surface area contributed by atoms with Crippen molar-refractivity contribution in [3.05, 3.63) is 75.8 Å². The summed E-state index contributed by atoms with van der Waals surface area (Å²) in [4.78, 5) is 36.9. The van der Waals surface area contributed by atoms with E-state index in [2.05, 4.69) is 5.32 Å². The zero-order chi connectivity index (χ0) is 18.5. The Labute approximate surface area is 154 Å². The maximum absolute atomic E-state index is 12.6. The lowest BCUT2D eigenvalue weighted by molar-refractivity contribution is -0.384. The van der Waals surface area contributed by atoms with Crippen molar-refractivity contribution in [2.75, 3.05) is 11.6 Å². The van der Waals surface area contributed by atoms with Crippen LogP contribution in [0.1, 0.15) is 15.9 Å². The van der Waals surface area contributed by atoms with Crippen LogP contribution >= 0.6 is 11.8 Å². The molecule has 0 unspecified atom stereocenters. The summed E-state index contributed by atoms with van der Waals surface area (Å²) < 4.78 is 0. The van der Waals surface area contributed by atoms with Crippen LogP contribution in [0.5, 0.6) is 0 Å². The number of rotatable bonds is 5. The molecule has 0 saturated carbocycles. The van der Waals surface area contributed by atoms with Crippen LogP contribution in [0.15, 0.2) is 54.6 Å². The van der Waals surface area contributed by atoms with Crippen LogP contribution in [0.2, 0.25) is 0 Å². The molecule has 2 aromatic carbocycles. The predicted molar refractivity (Wildman–Crippen MR) is 98.7 cm³/mol. The van der Waals surface area contributed by atoms with Gasteiger partial charge in [0.1, 0.15) is 6.04 Å². The summed E-state index contributed by atoms with van der Waals surface area (Å²) in [6.07, 6.45) is 0. The lowest BCUT2D eigenvalue weighted by Gasteiger charge is -2.23. The van der Waals surface area contributed by atoms with Crippen LogP contribution in [0.4, 0.5) is 5.69 Å². The van der Waals surface area contributed by atoms with Gasteiger partial charge in [0.2, 0.25) is 5.91 Å². The molecule has 0 bridgehead atoms. The highest BCUT2D eigenvalue weighted by Gasteiger charge is 2.34. The Morgan fingerprint density at radius 3 is 2.50 bits per heavy atom. The third-order valence-corrected chi connectivity index (χ3v) is 5.09. The van der Waals surface area contributed by atoms with Crippen molar-refractivity contribution < 1.29 is 14.5 Å². The van der Waals surface area contributed by atoms with Gasteiger partial charge in [-0.2, -0.15) is 0 Å². The number of benzene rings is 2. The third kappa shape index (κ3) is 4.02. The van der Waals surface area contributed by atoms with Crippen LogP contribution in [0.25, 0.3) is 0 Å². The van der Waals surface area contributed by atoms with Gasteiger partial charge in [-0.3, -0.25) is 19.7 Å². The van der Waals surface area contributed by atoms with Crippen molar-refractivity contribution in [1.29, 1.82) is 0 Å². The summed E-state index contributed by atoms with van der Waals surface area (Å²) in [7, 11) is 0. The van der Waals surface area contributed by atoms with Crippen molar-refractivity contribution in [3.8, 4) is 0 Å². The lowest BCUT2D eigenvalue weighted by Crippen LogP contribution is -2.47. The molecule has 26 heavy (non-hydrogen) atoms. The highest BCUT2D eigenvalue weighted by Crippen LogP contribution is 2.23. The molecule has 3 rings (SSSR count). The van der Waals surface area contributed by atoms with E-state index in [9.17, 15) is 19.7 Å². The molecule has 134 valence electrons. The molecule has 1 aliphatic rings. The fraction of sp³-hybridized carbons (Fsp3) is 0.222. The number of nitro groups is 1. The Morgan fingerprint density at radius 2 is 1.85 bits per heavy atom. The largest absolute Gasteiger partial charge is 0.350 e. The number of nitrogens with one attached hydrogen (secondary N) is 1. The number of hydrogen-bond donors (Lipinski definition) is 1. The molecular weight excluding hydrogens is 354 g/mol. The number of carbonyl (C=O) groups is 2. The first-order chi connectivity index (χ1) is 12.6. The molecule has 1 fully saturated rings. The van der Waals surface area contributed by atoms with Gasteiger partial charge in [-0.25, -0.2) is 0 Å². The van der Waals surface area contributed by atoms with Crippen LogP contribution in [-0.4, -0.2) is 39.3 Å². The molecule has 1 heterocycles. The second kappa shape index (κ2) is 8.01. The Bertz CT molecular complexity index is 811. The van der Waals surface area contributed by atoms with E-state index >= 15 is 0 Å². The minimum atomic E-state index is -0.522. The van der Waals surface area contributed by atoms with Crippen molar-refractivity contribution in [2.24, 2.45) is 0 Å². The quantitative estimate of drug-likeness (QED) is 0.644. The van der Waals surface area contributed by atoms with Crippen molar-refractivity contribution >= 4 is 29.3 Å². The van der Waals surface area contributed by atoms with E-state index in [1.807, 2.05) is 6.07 Å². The molecule has 2 aromatic rings. The number of nitrogens with zero attached hydrogens (tertiary/aromatic N) is 2. The predicted octanol–water partition coefficient (Wildman–Crippen LogP) is 2.43. The van der Waals surface area contributed by atoms with E-state index in [1.54, 1.807) is 41.3 Å². The zero-order valence-corrected chi connectivity index (χ0v) is 14.6. The van der Waals surface area contributed by atoms with Crippen LogP contribution in [-0.2, 0) is 11.3 Å². The Hall–Kier alpha value is -2.87. The van der Waals surface area contributed by atoms with E-state index in [-0.39, 0.29) is 24.0 Å². The molecule has 8 heteroatoms. The minimum absolute atomic E-state index is 0.00639. The van der Waals surface area contributed by atoms with Gasteiger partial charge in [0.15, 0.2) is 0 Å². The van der Waals surface area contributed by atoms with E-state index in [0.29, 0.717) is 17.2 Å². The molecule has 1 saturated heterocycles. The monoisotopic (exact) mass is 371 g/mol. The van der Waals surface area contributed by atoms with Gasteiger partial charge in [-0.15, -0.1) is 11.8 Å². The molecule has 1 N–H and O–H groups in total. The van der Waals surface area contributed by atoms with E-state index in [0.717, 1.165) is 5.56 Å². The molecule has 0 aromatic heterocycles. The molecule has 1 atom stereocenters. The maximum atomic E-state index is 12.6. The molecule has 0 radical (unpaired) electrons. The van der Waals surface area contributed by atoms with Crippen molar-refractivity contribution in [2.45, 2.75) is 12.6 Å². The Morgan fingerprint density at radius 1 is 1.15 bits per heavy atom. The fourth-order valence-corrected chi connectivity index (χ4v) is 3.80. The average Bonchev–Trinajstić information content (AvgIpc) is 3.16. The zero-order valence-electron chi connectivity index (χ0n) is 13.8. The van der Waals surface area contributed by atoms with E-state index in [1.165, 1.54) is 23.9 Å². The Balaban J connectivity index is 1.61. The number of thioether (sulfide) groups is 1. The number of hydrogen-bond acceptors (Lipinski definition) is 5. The first-order valence-electron chi connectivity index (χ1n) is 8.01. The SMILES string of the molecule is O=C(NCc1ccc([N+](=O)[O-])cc1)[C@@H]1CSCN1C(=O)c1ccccc1. The van der Waals surface area contributed by atoms with Gasteiger partial charge in [0.05, 0.1) is 10.8 Å². The highest BCUT2D eigenvalue weighted by molar-refractivity contribution is 7.99. The molecule has 2 amide bonds. The van der Waals surface area contributed by atoms with Crippen LogP contribution in [0, 0.1) is 10.1 Å². The molecule has 7 nitrogen and oxygen atoms in total. The fourth-order valence-electron chi connectivity index (χ4n) is 2.65. The van der Waals surface area contributed by atoms with E-state index < -0.39 is 11.0 Å². The first-order valence-corrected chi connectivity index (χ1v) is 9.16. The average molecular weight is 371 g/mol. The second-order valence-corrected chi connectivity index (χ2v) is 6.80. The number of non-ortho nitro benzene ring substituents is 1. The summed E-state index contributed by atoms with van der Waals surface area (Å²) in [5, 5.41) is 13.5. The minimum Gasteiger partial charge on any atom is -0.350 e. The highest BCUT2D eigenvalue weighted by atomic mass is 32.2. The summed E-state index contributed by atoms with van der Waals surface area (Å²) >= 11 is 1.54. The van der Waals surface area contributed by atoms with Gasteiger partial charge in [0, 0.05) is 30.0 Å². The maximum Gasteiger partial charge on any atom is 0.269 e. The summed E-state index contributed by atoms with van der Waals surface area (Å²) in [5.74, 6) is 0.636. The van der Waals surface area contributed by atoms with Gasteiger partial charge >= 0.3 is 0 Å². The van der Waals surface area contributed by atoms with Gasteiger partial charge < -0.3 is 10.2 Å². The lowest BCUT2D eigenvalue weighted by atomic mass is 10.1. The van der Waals surface area contributed by atoms with Gasteiger partial charge in [0.25, 0.3) is 11.6 Å². The van der Waals surface area contributed by atoms with E-state index in [4.69, 9.17) is 0 Å². The van der Waals surface area contributed by atoms with Crippen LogP contribution in [0.3, 0.4) is 0 Å². The summed E-state index contributed by atoms with van der Waals surface area (Å²) in [6.45, 7) is 0.255. The second-order valence-electron chi connectivity index (χ2n) is 5.80. The number of nitro benzene ring substituents is 1. The van der Waals surface area contributed by atoms with Crippen LogP contribution < -0.4 is 5.32 Å². The van der Waals surface area contributed by atoms with Gasteiger partial charge in [-0.05, 0) is 17.7 Å². The molecular formula is C18H17N3O4S.